The van der Waals surface area contributed by atoms with Gasteiger partial charge in [-0.2, -0.15) is 0 Å². The average Bonchev–Trinajstić information content (AvgIpc) is 2.83. The topological polar surface area (TPSA) is 53.1 Å². The summed E-state index contributed by atoms with van der Waals surface area (Å²) in [7, 11) is 0. The van der Waals surface area contributed by atoms with Crippen LogP contribution in [-0.4, -0.2) is 35.3 Å². The number of carbonyl (C=O) groups excluding carboxylic acids is 2. The van der Waals surface area contributed by atoms with Crippen LogP contribution in [0.3, 0.4) is 0 Å². The van der Waals surface area contributed by atoms with E-state index in [1.165, 1.54) is 4.90 Å². The summed E-state index contributed by atoms with van der Waals surface area (Å²) >= 11 is 12.5. The molecule has 1 fully saturated rings. The molecule has 4 rings (SSSR count). The number of hydrogen-bond donors (Lipinski definition) is 0. The standard InChI is InChI=1S/C26H25Cl2N3O3/c1-26(2,20-13-21(27)15-22(28)14-20)31-18-29(25(33)34-16-19-9-5-3-6-10-19)17-30(24(31)32)23-11-7-4-8-12-23/h3-15H,16-18H2,1-2H3. The average molecular weight is 498 g/mol. The first kappa shape index (κ1) is 23.9. The van der Waals surface area contributed by atoms with E-state index in [4.69, 9.17) is 27.9 Å². The Hall–Kier alpha value is -3.22. The number of carbonyl (C=O) groups is 2. The van der Waals surface area contributed by atoms with E-state index < -0.39 is 11.6 Å². The fourth-order valence-electron chi connectivity index (χ4n) is 3.86. The highest BCUT2D eigenvalue weighted by Gasteiger charge is 2.42. The molecule has 34 heavy (non-hydrogen) atoms. The Morgan fingerprint density at radius 2 is 1.50 bits per heavy atom. The summed E-state index contributed by atoms with van der Waals surface area (Å²) in [5, 5.41) is 0.943. The number of urea groups is 1. The highest BCUT2D eigenvalue weighted by atomic mass is 35.5. The van der Waals surface area contributed by atoms with E-state index in [9.17, 15) is 9.59 Å². The number of halogens is 2. The van der Waals surface area contributed by atoms with Crippen molar-refractivity contribution in [1.29, 1.82) is 0 Å². The van der Waals surface area contributed by atoms with E-state index in [1.807, 2.05) is 74.5 Å². The van der Waals surface area contributed by atoms with Crippen LogP contribution in [0.15, 0.2) is 78.9 Å². The van der Waals surface area contributed by atoms with Crippen LogP contribution in [0.4, 0.5) is 15.3 Å². The Labute approximate surface area is 209 Å². The van der Waals surface area contributed by atoms with Crippen molar-refractivity contribution in [3.8, 4) is 0 Å². The smallest absolute Gasteiger partial charge is 0.412 e. The summed E-state index contributed by atoms with van der Waals surface area (Å²) in [5.74, 6) is 0. The van der Waals surface area contributed by atoms with Gasteiger partial charge in [0.15, 0.2) is 0 Å². The molecule has 3 amide bonds. The lowest BCUT2D eigenvalue weighted by atomic mass is 9.92. The Kier molecular flexibility index (Phi) is 7.00. The highest BCUT2D eigenvalue weighted by molar-refractivity contribution is 6.34. The van der Waals surface area contributed by atoms with Crippen LogP contribution in [0.25, 0.3) is 0 Å². The van der Waals surface area contributed by atoms with Crippen LogP contribution in [0.5, 0.6) is 0 Å². The van der Waals surface area contributed by atoms with Gasteiger partial charge in [0.2, 0.25) is 0 Å². The van der Waals surface area contributed by atoms with Gasteiger partial charge >= 0.3 is 12.1 Å². The molecule has 0 aromatic heterocycles. The molecule has 1 aliphatic heterocycles. The Balaban J connectivity index is 1.64. The van der Waals surface area contributed by atoms with Gasteiger partial charge in [-0.05, 0) is 55.3 Å². The summed E-state index contributed by atoms with van der Waals surface area (Å²) in [6.07, 6.45) is -0.512. The summed E-state index contributed by atoms with van der Waals surface area (Å²) in [5.41, 5.74) is 1.50. The second kappa shape index (κ2) is 9.95. The maximum atomic E-state index is 13.7. The fraction of sp³-hybridized carbons (Fsp3) is 0.231. The molecule has 1 heterocycles. The van der Waals surface area contributed by atoms with E-state index in [0.717, 1.165) is 11.1 Å². The fourth-order valence-corrected chi connectivity index (χ4v) is 4.38. The van der Waals surface area contributed by atoms with Gasteiger partial charge in [-0.25, -0.2) is 9.59 Å². The number of benzene rings is 3. The molecule has 0 spiro atoms. The lowest BCUT2D eigenvalue weighted by Gasteiger charge is -2.48. The van der Waals surface area contributed by atoms with E-state index in [1.54, 1.807) is 28.0 Å². The highest BCUT2D eigenvalue weighted by Crippen LogP contribution is 2.35. The van der Waals surface area contributed by atoms with Gasteiger partial charge in [0.05, 0.1) is 5.54 Å². The molecule has 0 saturated carbocycles. The Bertz CT molecular complexity index is 1150. The van der Waals surface area contributed by atoms with Crippen molar-refractivity contribution >= 4 is 41.0 Å². The molecule has 176 valence electrons. The Morgan fingerprint density at radius 1 is 0.912 bits per heavy atom. The monoisotopic (exact) mass is 497 g/mol. The van der Waals surface area contributed by atoms with Crippen molar-refractivity contribution in [3.63, 3.8) is 0 Å². The first-order chi connectivity index (χ1) is 16.3. The van der Waals surface area contributed by atoms with Crippen LogP contribution in [-0.2, 0) is 16.9 Å². The number of para-hydroxylation sites is 1. The third kappa shape index (κ3) is 5.13. The lowest BCUT2D eigenvalue weighted by Crippen LogP contribution is -2.64. The maximum Gasteiger partial charge on any atom is 0.412 e. The van der Waals surface area contributed by atoms with Gasteiger partial charge in [0.25, 0.3) is 0 Å². The molecular weight excluding hydrogens is 473 g/mol. The number of nitrogens with zero attached hydrogens (tertiary/aromatic N) is 3. The predicted molar refractivity (Wildman–Crippen MR) is 134 cm³/mol. The number of anilines is 1. The van der Waals surface area contributed by atoms with Crippen molar-refractivity contribution in [3.05, 3.63) is 100 Å². The maximum absolute atomic E-state index is 13.7. The van der Waals surface area contributed by atoms with Gasteiger partial charge in [-0.15, -0.1) is 0 Å². The third-order valence-corrected chi connectivity index (χ3v) is 6.30. The first-order valence-electron chi connectivity index (χ1n) is 10.8. The molecule has 1 aliphatic rings. The zero-order valence-corrected chi connectivity index (χ0v) is 20.5. The largest absolute Gasteiger partial charge is 0.444 e. The Morgan fingerprint density at radius 3 is 2.12 bits per heavy atom. The SMILES string of the molecule is CC(C)(c1cc(Cl)cc(Cl)c1)N1CN(C(=O)OCc2ccccc2)CN(c2ccccc2)C1=O. The molecule has 3 aromatic carbocycles. The molecule has 6 nitrogen and oxygen atoms in total. The normalized spacial score (nSPS) is 14.4. The van der Waals surface area contributed by atoms with Crippen LogP contribution in [0.1, 0.15) is 25.0 Å². The van der Waals surface area contributed by atoms with E-state index in [2.05, 4.69) is 0 Å². The lowest BCUT2D eigenvalue weighted by molar-refractivity contribution is 0.0369. The van der Waals surface area contributed by atoms with Crippen LogP contribution in [0, 0.1) is 0 Å². The number of hydrogen-bond acceptors (Lipinski definition) is 3. The van der Waals surface area contributed by atoms with Gasteiger partial charge in [-0.1, -0.05) is 71.7 Å². The summed E-state index contributed by atoms with van der Waals surface area (Å²) in [6, 6.07) is 23.7. The molecule has 0 aliphatic carbocycles. The molecule has 0 radical (unpaired) electrons. The number of ether oxygens (including phenoxy) is 1. The minimum absolute atomic E-state index is 0.0485. The van der Waals surface area contributed by atoms with E-state index in [0.29, 0.717) is 15.7 Å². The molecule has 1 saturated heterocycles. The molecule has 0 N–H and O–H groups in total. The van der Waals surface area contributed by atoms with Crippen molar-refractivity contribution in [2.24, 2.45) is 0 Å². The molecule has 0 atom stereocenters. The van der Waals surface area contributed by atoms with E-state index in [-0.39, 0.29) is 26.0 Å². The molecular formula is C26H25Cl2N3O3. The van der Waals surface area contributed by atoms with E-state index >= 15 is 0 Å². The summed E-state index contributed by atoms with van der Waals surface area (Å²) in [4.78, 5) is 31.4. The van der Waals surface area contributed by atoms with Crippen molar-refractivity contribution in [2.75, 3.05) is 18.2 Å². The summed E-state index contributed by atoms with van der Waals surface area (Å²) < 4.78 is 5.57. The van der Waals surface area contributed by atoms with Crippen molar-refractivity contribution in [2.45, 2.75) is 26.0 Å². The van der Waals surface area contributed by atoms with Crippen molar-refractivity contribution in [1.82, 2.24) is 9.80 Å². The molecule has 8 heteroatoms. The van der Waals surface area contributed by atoms with Gasteiger partial charge in [0, 0.05) is 15.7 Å². The quantitative estimate of drug-likeness (QED) is 0.392. The van der Waals surface area contributed by atoms with Gasteiger partial charge in [0.1, 0.15) is 19.9 Å². The molecule has 0 bridgehead atoms. The van der Waals surface area contributed by atoms with Crippen LogP contribution in [0.2, 0.25) is 10.0 Å². The first-order valence-corrected chi connectivity index (χ1v) is 11.6. The van der Waals surface area contributed by atoms with Crippen LogP contribution < -0.4 is 4.90 Å². The number of amides is 3. The molecule has 3 aromatic rings. The molecule has 0 unspecified atom stereocenters. The van der Waals surface area contributed by atoms with Gasteiger partial charge in [-0.3, -0.25) is 14.7 Å². The van der Waals surface area contributed by atoms with Crippen LogP contribution >= 0.6 is 23.2 Å². The zero-order valence-electron chi connectivity index (χ0n) is 18.9. The summed E-state index contributed by atoms with van der Waals surface area (Å²) in [6.45, 7) is 4.05. The second-order valence-corrected chi connectivity index (χ2v) is 9.43. The second-order valence-electron chi connectivity index (χ2n) is 8.55. The third-order valence-electron chi connectivity index (χ3n) is 5.86. The minimum Gasteiger partial charge on any atom is -0.444 e. The van der Waals surface area contributed by atoms with Gasteiger partial charge < -0.3 is 4.74 Å². The number of rotatable bonds is 5. The minimum atomic E-state index is -0.822. The predicted octanol–water partition coefficient (Wildman–Crippen LogP) is 6.72. The van der Waals surface area contributed by atoms with Crippen molar-refractivity contribution < 1.29 is 14.3 Å². The zero-order chi connectivity index (χ0) is 24.3.